The summed E-state index contributed by atoms with van der Waals surface area (Å²) < 4.78 is 0. The lowest BCUT2D eigenvalue weighted by Crippen LogP contribution is -2.39. The zero-order chi connectivity index (χ0) is 21.6. The molecule has 0 aliphatic heterocycles. The summed E-state index contributed by atoms with van der Waals surface area (Å²) in [6, 6.07) is 22.3. The van der Waals surface area contributed by atoms with E-state index in [0.29, 0.717) is 23.3 Å². The number of nitrogens with zero attached hydrogens (tertiary/aromatic N) is 2. The van der Waals surface area contributed by atoms with Gasteiger partial charge in [-0.3, -0.25) is 19.6 Å². The van der Waals surface area contributed by atoms with Crippen molar-refractivity contribution in [3.8, 4) is 0 Å². The predicted molar refractivity (Wildman–Crippen MR) is 120 cm³/mol. The summed E-state index contributed by atoms with van der Waals surface area (Å²) in [5, 5.41) is 6.39. The molecule has 6 nitrogen and oxygen atoms in total. The van der Waals surface area contributed by atoms with Crippen LogP contribution in [0, 0.1) is 6.92 Å². The summed E-state index contributed by atoms with van der Waals surface area (Å²) in [7, 11) is 0. The fraction of sp³-hybridized carbons (Fsp3) is 0.120. The largest absolute Gasteiger partial charge is 0.339 e. The number of nitrogens with one attached hydrogen (secondary N) is 2. The predicted octanol–water partition coefficient (Wildman–Crippen LogP) is 3.98. The molecular weight excluding hydrogens is 388 g/mol. The third-order valence-electron chi connectivity index (χ3n) is 5.00. The van der Waals surface area contributed by atoms with Crippen LogP contribution in [-0.2, 0) is 16.0 Å². The maximum atomic E-state index is 12.7. The molecular formula is C25H22N4O2. The SMILES string of the molecule is Cc1ccc(CC(NC(=O)C(=O)Nc2cccc3cccnc23)c2ccccn2)cc1. The fourth-order valence-corrected chi connectivity index (χ4v) is 3.38. The molecule has 0 bridgehead atoms. The lowest BCUT2D eigenvalue weighted by molar-refractivity contribution is -0.136. The van der Waals surface area contributed by atoms with E-state index >= 15 is 0 Å². The normalized spacial score (nSPS) is 11.6. The number of aryl methyl sites for hydroxylation is 1. The zero-order valence-corrected chi connectivity index (χ0v) is 17.1. The van der Waals surface area contributed by atoms with Crippen LogP contribution >= 0.6 is 0 Å². The van der Waals surface area contributed by atoms with Gasteiger partial charge in [-0.1, -0.05) is 54.1 Å². The van der Waals surface area contributed by atoms with Gasteiger partial charge in [0.25, 0.3) is 0 Å². The van der Waals surface area contributed by atoms with Crippen LogP contribution in [0.1, 0.15) is 22.9 Å². The molecule has 2 aromatic carbocycles. The van der Waals surface area contributed by atoms with E-state index in [0.717, 1.165) is 16.5 Å². The minimum Gasteiger partial charge on any atom is -0.339 e. The molecule has 6 heteroatoms. The fourth-order valence-electron chi connectivity index (χ4n) is 3.38. The molecule has 2 aromatic heterocycles. The lowest BCUT2D eigenvalue weighted by atomic mass is 10.0. The van der Waals surface area contributed by atoms with Crippen LogP contribution in [0.2, 0.25) is 0 Å². The van der Waals surface area contributed by atoms with Crippen LogP contribution in [0.25, 0.3) is 10.9 Å². The molecule has 2 heterocycles. The lowest BCUT2D eigenvalue weighted by Gasteiger charge is -2.18. The van der Waals surface area contributed by atoms with E-state index in [4.69, 9.17) is 0 Å². The average molecular weight is 410 g/mol. The summed E-state index contributed by atoms with van der Waals surface area (Å²) in [5.74, 6) is -1.47. The molecule has 0 saturated heterocycles. The van der Waals surface area contributed by atoms with Gasteiger partial charge in [-0.15, -0.1) is 0 Å². The Kier molecular flexibility index (Phi) is 5.98. The van der Waals surface area contributed by atoms with Gasteiger partial charge in [0.1, 0.15) is 0 Å². The number of benzene rings is 2. The van der Waals surface area contributed by atoms with Gasteiger partial charge in [-0.05, 0) is 43.2 Å². The number of hydrogen-bond donors (Lipinski definition) is 2. The molecule has 31 heavy (non-hydrogen) atoms. The molecule has 154 valence electrons. The number of amides is 2. The highest BCUT2D eigenvalue weighted by molar-refractivity contribution is 6.40. The van der Waals surface area contributed by atoms with E-state index in [-0.39, 0.29) is 0 Å². The summed E-state index contributed by atoms with van der Waals surface area (Å²) in [6.07, 6.45) is 3.84. The molecule has 1 atom stereocenters. The number of para-hydroxylation sites is 1. The van der Waals surface area contributed by atoms with E-state index in [1.807, 2.05) is 73.7 Å². The summed E-state index contributed by atoms with van der Waals surface area (Å²) in [6.45, 7) is 2.02. The van der Waals surface area contributed by atoms with Crippen LogP contribution in [0.4, 0.5) is 5.69 Å². The Balaban J connectivity index is 1.52. The quantitative estimate of drug-likeness (QED) is 0.488. The molecule has 2 amide bonds. The van der Waals surface area contributed by atoms with Gasteiger partial charge in [0.15, 0.2) is 0 Å². The van der Waals surface area contributed by atoms with Crippen molar-refractivity contribution >= 4 is 28.4 Å². The molecule has 0 aliphatic rings. The van der Waals surface area contributed by atoms with Crippen molar-refractivity contribution < 1.29 is 9.59 Å². The van der Waals surface area contributed by atoms with Gasteiger partial charge in [0, 0.05) is 17.8 Å². The number of pyridine rings is 2. The first-order valence-electron chi connectivity index (χ1n) is 10.0. The van der Waals surface area contributed by atoms with Crippen molar-refractivity contribution in [2.45, 2.75) is 19.4 Å². The van der Waals surface area contributed by atoms with Crippen molar-refractivity contribution in [2.75, 3.05) is 5.32 Å². The molecule has 4 rings (SSSR count). The number of anilines is 1. The van der Waals surface area contributed by atoms with Crippen LogP contribution in [0.5, 0.6) is 0 Å². The summed E-state index contributed by atoms with van der Waals surface area (Å²) >= 11 is 0. The number of hydrogen-bond acceptors (Lipinski definition) is 4. The second-order valence-electron chi connectivity index (χ2n) is 7.31. The minimum atomic E-state index is -0.747. The highest BCUT2D eigenvalue weighted by Gasteiger charge is 2.22. The van der Waals surface area contributed by atoms with Crippen molar-refractivity contribution in [1.29, 1.82) is 0 Å². The van der Waals surface area contributed by atoms with Gasteiger partial charge < -0.3 is 10.6 Å². The molecule has 1 unspecified atom stereocenters. The van der Waals surface area contributed by atoms with Gasteiger partial charge >= 0.3 is 11.8 Å². The molecule has 0 fully saturated rings. The smallest absolute Gasteiger partial charge is 0.313 e. The van der Waals surface area contributed by atoms with E-state index in [1.54, 1.807) is 18.5 Å². The number of aromatic nitrogens is 2. The minimum absolute atomic E-state index is 0.437. The number of carbonyl (C=O) groups is 2. The first-order valence-corrected chi connectivity index (χ1v) is 10.0. The number of carbonyl (C=O) groups excluding carboxylic acids is 2. The Morgan fingerprint density at radius 3 is 2.39 bits per heavy atom. The van der Waals surface area contributed by atoms with E-state index in [9.17, 15) is 9.59 Å². The number of rotatable bonds is 5. The maximum Gasteiger partial charge on any atom is 0.313 e. The van der Waals surface area contributed by atoms with Gasteiger partial charge in [-0.2, -0.15) is 0 Å². The van der Waals surface area contributed by atoms with Gasteiger partial charge in [0.2, 0.25) is 0 Å². The second-order valence-corrected chi connectivity index (χ2v) is 7.31. The van der Waals surface area contributed by atoms with E-state index in [2.05, 4.69) is 20.6 Å². The van der Waals surface area contributed by atoms with E-state index < -0.39 is 17.9 Å². The van der Waals surface area contributed by atoms with Crippen LogP contribution in [0.15, 0.2) is 85.2 Å². The Morgan fingerprint density at radius 2 is 1.61 bits per heavy atom. The van der Waals surface area contributed by atoms with Crippen LogP contribution < -0.4 is 10.6 Å². The third kappa shape index (κ3) is 4.93. The Morgan fingerprint density at radius 1 is 0.839 bits per heavy atom. The first kappa shape index (κ1) is 20.2. The molecule has 0 aliphatic carbocycles. The van der Waals surface area contributed by atoms with Crippen molar-refractivity contribution in [1.82, 2.24) is 15.3 Å². The number of fused-ring (bicyclic) bond motifs is 1. The van der Waals surface area contributed by atoms with Gasteiger partial charge in [0.05, 0.1) is 22.9 Å². The van der Waals surface area contributed by atoms with E-state index in [1.165, 1.54) is 0 Å². The van der Waals surface area contributed by atoms with Crippen molar-refractivity contribution in [3.63, 3.8) is 0 Å². The summed E-state index contributed by atoms with van der Waals surface area (Å²) in [4.78, 5) is 34.1. The Labute approximate surface area is 180 Å². The van der Waals surface area contributed by atoms with Crippen molar-refractivity contribution in [3.05, 3.63) is 102 Å². The zero-order valence-electron chi connectivity index (χ0n) is 17.1. The molecule has 4 aromatic rings. The van der Waals surface area contributed by atoms with Gasteiger partial charge in [-0.25, -0.2) is 0 Å². The maximum absolute atomic E-state index is 12.7. The second kappa shape index (κ2) is 9.17. The highest BCUT2D eigenvalue weighted by atomic mass is 16.2. The third-order valence-corrected chi connectivity index (χ3v) is 5.00. The van der Waals surface area contributed by atoms with Crippen molar-refractivity contribution in [2.24, 2.45) is 0 Å². The Bertz CT molecular complexity index is 1200. The monoisotopic (exact) mass is 410 g/mol. The average Bonchev–Trinajstić information content (AvgIpc) is 2.81. The molecule has 2 N–H and O–H groups in total. The Hall–Kier alpha value is -4.06. The molecule has 0 saturated carbocycles. The first-order chi connectivity index (χ1) is 15.1. The molecule has 0 radical (unpaired) electrons. The molecule has 0 spiro atoms. The topological polar surface area (TPSA) is 84.0 Å². The standard InChI is InChI=1S/C25H22N4O2/c1-17-10-12-18(13-11-17)16-22(20-8-2-3-14-26-20)29-25(31)24(30)28-21-9-4-6-19-7-5-15-27-23(19)21/h2-15,22H,16H2,1H3,(H,28,30)(H,29,31). The highest BCUT2D eigenvalue weighted by Crippen LogP contribution is 2.21. The van der Waals surface area contributed by atoms with Crippen LogP contribution in [0.3, 0.4) is 0 Å². The summed E-state index contributed by atoms with van der Waals surface area (Å²) in [5.41, 5.74) is 4.01. The van der Waals surface area contributed by atoms with Crippen LogP contribution in [-0.4, -0.2) is 21.8 Å².